The number of furan rings is 1. The van der Waals surface area contributed by atoms with Crippen LogP contribution in [0.4, 0.5) is 0 Å². The van der Waals surface area contributed by atoms with E-state index in [9.17, 15) is 0 Å². The molecule has 2 aromatic heterocycles. The maximum atomic E-state index is 5.55. The highest BCUT2D eigenvalue weighted by molar-refractivity contribution is 5.15. The van der Waals surface area contributed by atoms with E-state index in [0.29, 0.717) is 0 Å². The van der Waals surface area contributed by atoms with E-state index in [1.807, 2.05) is 36.1 Å². The number of imidazole rings is 1. The summed E-state index contributed by atoms with van der Waals surface area (Å²) in [7, 11) is 2.02. The zero-order chi connectivity index (χ0) is 13.1. The van der Waals surface area contributed by atoms with Gasteiger partial charge in [0.25, 0.3) is 0 Å². The van der Waals surface area contributed by atoms with E-state index in [0.717, 1.165) is 24.0 Å². The van der Waals surface area contributed by atoms with E-state index < -0.39 is 0 Å². The fraction of sp³-hybridized carbons (Fsp3) is 0.533. The molecule has 0 saturated heterocycles. The Hall–Kier alpha value is -1.55. The quantitative estimate of drug-likeness (QED) is 0.777. The zero-order valence-corrected chi connectivity index (χ0v) is 11.4. The van der Waals surface area contributed by atoms with Gasteiger partial charge in [-0.3, -0.25) is 0 Å². The first-order valence-corrected chi connectivity index (χ1v) is 7.08. The highest BCUT2D eigenvalue weighted by Crippen LogP contribution is 2.33. The zero-order valence-electron chi connectivity index (χ0n) is 11.4. The fourth-order valence-corrected chi connectivity index (χ4v) is 2.47. The normalized spacial score (nSPS) is 16.7. The average molecular weight is 259 g/mol. The molecule has 102 valence electrons. The third-order valence-electron chi connectivity index (χ3n) is 3.78. The lowest BCUT2D eigenvalue weighted by molar-refractivity contribution is 0.424. The van der Waals surface area contributed by atoms with Crippen LogP contribution in [0.1, 0.15) is 43.3 Å². The van der Waals surface area contributed by atoms with Gasteiger partial charge in [0.1, 0.15) is 17.6 Å². The second-order valence-corrected chi connectivity index (χ2v) is 5.38. The highest BCUT2D eigenvalue weighted by Gasteiger charge is 2.22. The van der Waals surface area contributed by atoms with E-state index in [1.165, 1.54) is 25.7 Å². The molecule has 0 bridgehead atoms. The summed E-state index contributed by atoms with van der Waals surface area (Å²) < 4.78 is 7.59. The van der Waals surface area contributed by atoms with Gasteiger partial charge in [-0.2, -0.15) is 0 Å². The Morgan fingerprint density at radius 1 is 1.53 bits per heavy atom. The molecule has 0 amide bonds. The van der Waals surface area contributed by atoms with Crippen LogP contribution >= 0.6 is 0 Å². The Kier molecular flexibility index (Phi) is 3.69. The lowest BCUT2D eigenvalue weighted by Crippen LogP contribution is -2.25. The van der Waals surface area contributed by atoms with Crippen molar-refractivity contribution in [3.05, 3.63) is 42.4 Å². The van der Waals surface area contributed by atoms with Crippen molar-refractivity contribution in [1.82, 2.24) is 14.9 Å². The van der Waals surface area contributed by atoms with Crippen LogP contribution in [-0.4, -0.2) is 16.1 Å². The van der Waals surface area contributed by atoms with Crippen molar-refractivity contribution in [3.8, 4) is 0 Å². The number of nitrogens with zero attached hydrogens (tertiary/aromatic N) is 2. The van der Waals surface area contributed by atoms with Gasteiger partial charge in [0.15, 0.2) is 0 Å². The maximum absolute atomic E-state index is 5.55. The van der Waals surface area contributed by atoms with Gasteiger partial charge >= 0.3 is 0 Å². The molecule has 3 rings (SSSR count). The van der Waals surface area contributed by atoms with Crippen molar-refractivity contribution in [2.75, 3.05) is 6.54 Å². The number of hydrogen-bond donors (Lipinski definition) is 1. The molecule has 1 N–H and O–H groups in total. The molecule has 19 heavy (non-hydrogen) atoms. The molecule has 0 spiro atoms. The number of aryl methyl sites for hydroxylation is 1. The summed E-state index contributed by atoms with van der Waals surface area (Å²) in [6.45, 7) is 1.01. The molecule has 1 fully saturated rings. The Labute approximate surface area is 113 Å². The Balaban J connectivity index is 1.64. The van der Waals surface area contributed by atoms with Crippen LogP contribution < -0.4 is 5.32 Å². The van der Waals surface area contributed by atoms with Crippen LogP contribution in [0, 0.1) is 5.92 Å². The van der Waals surface area contributed by atoms with Crippen molar-refractivity contribution in [2.24, 2.45) is 13.0 Å². The van der Waals surface area contributed by atoms with E-state index in [-0.39, 0.29) is 6.04 Å². The molecular weight excluding hydrogens is 238 g/mol. The second kappa shape index (κ2) is 5.61. The fourth-order valence-electron chi connectivity index (χ4n) is 2.47. The summed E-state index contributed by atoms with van der Waals surface area (Å²) in [4.78, 5) is 4.44. The number of aromatic nitrogens is 2. The first-order chi connectivity index (χ1) is 9.34. The van der Waals surface area contributed by atoms with Crippen LogP contribution in [-0.2, 0) is 7.05 Å². The van der Waals surface area contributed by atoms with E-state index in [1.54, 1.807) is 6.26 Å². The molecule has 1 unspecified atom stereocenters. The van der Waals surface area contributed by atoms with Crippen LogP contribution in [0.3, 0.4) is 0 Å². The number of rotatable bonds is 7. The Bertz CT molecular complexity index is 499. The van der Waals surface area contributed by atoms with Crippen molar-refractivity contribution in [3.63, 3.8) is 0 Å². The molecule has 2 heterocycles. The topological polar surface area (TPSA) is 43.0 Å². The molecule has 1 aliphatic carbocycles. The monoisotopic (exact) mass is 259 g/mol. The molecule has 0 aliphatic heterocycles. The van der Waals surface area contributed by atoms with Gasteiger partial charge in [-0.05, 0) is 37.4 Å². The molecule has 2 aromatic rings. The molecule has 0 radical (unpaired) electrons. The SMILES string of the molecule is Cn1ccnc1C(NCCCC1CC1)c1ccco1. The van der Waals surface area contributed by atoms with Crippen molar-refractivity contribution < 1.29 is 4.42 Å². The lowest BCUT2D eigenvalue weighted by atomic mass is 10.1. The summed E-state index contributed by atoms with van der Waals surface area (Å²) in [5.74, 6) is 2.93. The van der Waals surface area contributed by atoms with E-state index in [2.05, 4.69) is 10.3 Å². The van der Waals surface area contributed by atoms with Gasteiger partial charge in [-0.25, -0.2) is 4.98 Å². The second-order valence-electron chi connectivity index (χ2n) is 5.38. The number of nitrogens with one attached hydrogen (secondary N) is 1. The summed E-state index contributed by atoms with van der Waals surface area (Å²) >= 11 is 0. The average Bonchev–Trinajstić information content (AvgIpc) is 2.89. The van der Waals surface area contributed by atoms with Crippen molar-refractivity contribution >= 4 is 0 Å². The Morgan fingerprint density at radius 2 is 2.42 bits per heavy atom. The van der Waals surface area contributed by atoms with Gasteiger partial charge in [0, 0.05) is 19.4 Å². The summed E-state index contributed by atoms with van der Waals surface area (Å²) in [6, 6.07) is 3.99. The van der Waals surface area contributed by atoms with Crippen molar-refractivity contribution in [1.29, 1.82) is 0 Å². The predicted octanol–water partition coefficient (Wildman–Crippen LogP) is 2.88. The predicted molar refractivity (Wildman–Crippen MR) is 73.7 cm³/mol. The van der Waals surface area contributed by atoms with Crippen molar-refractivity contribution in [2.45, 2.75) is 31.7 Å². The molecular formula is C15H21N3O. The summed E-state index contributed by atoms with van der Waals surface area (Å²) in [5, 5.41) is 3.57. The number of hydrogen-bond acceptors (Lipinski definition) is 3. The minimum absolute atomic E-state index is 0.0502. The third kappa shape index (κ3) is 3.07. The first-order valence-electron chi connectivity index (χ1n) is 7.08. The van der Waals surface area contributed by atoms with Gasteiger partial charge in [-0.15, -0.1) is 0 Å². The smallest absolute Gasteiger partial charge is 0.133 e. The summed E-state index contributed by atoms with van der Waals surface area (Å²) in [6.07, 6.45) is 11.0. The van der Waals surface area contributed by atoms with Gasteiger partial charge in [0.2, 0.25) is 0 Å². The minimum Gasteiger partial charge on any atom is -0.467 e. The highest BCUT2D eigenvalue weighted by atomic mass is 16.3. The molecule has 1 aliphatic rings. The van der Waals surface area contributed by atoms with Crippen LogP contribution in [0.5, 0.6) is 0 Å². The van der Waals surface area contributed by atoms with Crippen LogP contribution in [0.2, 0.25) is 0 Å². The molecule has 4 nitrogen and oxygen atoms in total. The lowest BCUT2D eigenvalue weighted by Gasteiger charge is -2.16. The Morgan fingerprint density at radius 3 is 3.05 bits per heavy atom. The summed E-state index contributed by atoms with van der Waals surface area (Å²) in [5.41, 5.74) is 0. The van der Waals surface area contributed by atoms with Gasteiger partial charge in [-0.1, -0.05) is 12.8 Å². The molecule has 1 saturated carbocycles. The minimum atomic E-state index is 0.0502. The van der Waals surface area contributed by atoms with Gasteiger partial charge < -0.3 is 14.3 Å². The van der Waals surface area contributed by atoms with E-state index >= 15 is 0 Å². The molecule has 1 atom stereocenters. The third-order valence-corrected chi connectivity index (χ3v) is 3.78. The molecule has 4 heteroatoms. The van der Waals surface area contributed by atoms with E-state index in [4.69, 9.17) is 4.42 Å². The van der Waals surface area contributed by atoms with Crippen LogP contribution in [0.25, 0.3) is 0 Å². The molecule has 0 aromatic carbocycles. The first kappa shape index (κ1) is 12.5. The standard InChI is InChI=1S/C15H21N3O/c1-18-10-9-17-15(18)14(13-5-3-11-19-13)16-8-2-4-12-6-7-12/h3,5,9-12,14,16H,2,4,6-8H2,1H3. The maximum Gasteiger partial charge on any atom is 0.133 e. The van der Waals surface area contributed by atoms with Gasteiger partial charge in [0.05, 0.1) is 6.26 Å². The van der Waals surface area contributed by atoms with Crippen LogP contribution in [0.15, 0.2) is 35.2 Å². The largest absolute Gasteiger partial charge is 0.467 e.